The van der Waals surface area contributed by atoms with Crippen LogP contribution in [0.25, 0.3) is 0 Å². The average Bonchev–Trinajstić information content (AvgIpc) is 3.04. The van der Waals surface area contributed by atoms with E-state index in [9.17, 15) is 28.5 Å². The number of nitro groups is 1. The molecule has 146 valence electrons. The van der Waals surface area contributed by atoms with Gasteiger partial charge in [0.15, 0.2) is 0 Å². The van der Waals surface area contributed by atoms with Gasteiger partial charge in [-0.25, -0.2) is 4.39 Å². The number of halogens is 2. The van der Waals surface area contributed by atoms with Crippen LogP contribution in [-0.4, -0.2) is 23.3 Å². The van der Waals surface area contributed by atoms with Crippen molar-refractivity contribution in [1.82, 2.24) is 5.32 Å². The molecule has 2 aromatic rings. The first-order chi connectivity index (χ1) is 13.3. The maximum absolute atomic E-state index is 13.5. The highest BCUT2D eigenvalue weighted by molar-refractivity contribution is 6.00. The number of hydrogen-bond acceptors (Lipinski definition) is 4. The van der Waals surface area contributed by atoms with Crippen molar-refractivity contribution in [2.45, 2.75) is 19.9 Å². The lowest BCUT2D eigenvalue weighted by atomic mass is 10.1. The summed E-state index contributed by atoms with van der Waals surface area (Å²) in [5.41, 5.74) is 0.627. The van der Waals surface area contributed by atoms with Gasteiger partial charge in [0.05, 0.1) is 16.5 Å². The fraction of sp³-hybridized carbons (Fsp3) is 0.263. The molecule has 1 unspecified atom stereocenters. The Balaban J connectivity index is 1.66. The first-order valence-corrected chi connectivity index (χ1v) is 8.53. The lowest BCUT2D eigenvalue weighted by Gasteiger charge is -2.16. The number of amides is 2. The number of nitrogens with one attached hydrogen (secondary N) is 1. The van der Waals surface area contributed by atoms with E-state index in [-0.39, 0.29) is 42.8 Å². The zero-order valence-corrected chi connectivity index (χ0v) is 14.9. The lowest BCUT2D eigenvalue weighted by molar-refractivity contribution is -0.387. The Bertz CT molecular complexity index is 964. The van der Waals surface area contributed by atoms with Gasteiger partial charge in [-0.1, -0.05) is 12.1 Å². The fourth-order valence-corrected chi connectivity index (χ4v) is 3.09. The highest BCUT2D eigenvalue weighted by Crippen LogP contribution is 2.29. The van der Waals surface area contributed by atoms with E-state index in [4.69, 9.17) is 0 Å². The van der Waals surface area contributed by atoms with Crippen LogP contribution in [0.3, 0.4) is 0 Å². The second-order valence-electron chi connectivity index (χ2n) is 6.60. The molecule has 3 rings (SSSR count). The summed E-state index contributed by atoms with van der Waals surface area (Å²) < 4.78 is 26.8. The van der Waals surface area contributed by atoms with Crippen molar-refractivity contribution in [2.24, 2.45) is 5.92 Å². The quantitative estimate of drug-likeness (QED) is 0.629. The normalized spacial score (nSPS) is 16.3. The zero-order chi connectivity index (χ0) is 20.4. The molecule has 0 bridgehead atoms. The third-order valence-electron chi connectivity index (χ3n) is 4.62. The lowest BCUT2D eigenvalue weighted by Crippen LogP contribution is -2.32. The second kappa shape index (κ2) is 7.71. The highest BCUT2D eigenvalue weighted by Gasteiger charge is 2.35. The van der Waals surface area contributed by atoms with Gasteiger partial charge in [0, 0.05) is 25.6 Å². The summed E-state index contributed by atoms with van der Waals surface area (Å²) in [6, 6.07) is 7.67. The topological polar surface area (TPSA) is 92.6 Å². The van der Waals surface area contributed by atoms with Crippen LogP contribution in [0.15, 0.2) is 36.4 Å². The Morgan fingerprint density at radius 1 is 1.25 bits per heavy atom. The molecule has 9 heteroatoms. The summed E-state index contributed by atoms with van der Waals surface area (Å²) in [6.45, 7) is 1.85. The third-order valence-corrected chi connectivity index (χ3v) is 4.62. The minimum absolute atomic E-state index is 0.0376. The number of hydrogen-bond donors (Lipinski definition) is 1. The van der Waals surface area contributed by atoms with E-state index in [0.717, 1.165) is 17.7 Å². The van der Waals surface area contributed by atoms with Crippen molar-refractivity contribution in [1.29, 1.82) is 0 Å². The zero-order valence-electron chi connectivity index (χ0n) is 14.9. The molecule has 0 radical (unpaired) electrons. The number of carbonyl (C=O) groups is 2. The third kappa shape index (κ3) is 3.98. The van der Waals surface area contributed by atoms with Gasteiger partial charge >= 0.3 is 5.69 Å². The summed E-state index contributed by atoms with van der Waals surface area (Å²) >= 11 is 0. The molecule has 1 fully saturated rings. The monoisotopic (exact) mass is 389 g/mol. The molecule has 1 aliphatic heterocycles. The van der Waals surface area contributed by atoms with Gasteiger partial charge in [-0.05, 0) is 36.2 Å². The van der Waals surface area contributed by atoms with E-state index in [1.165, 1.54) is 17.0 Å². The van der Waals surface area contributed by atoms with E-state index in [0.29, 0.717) is 5.56 Å². The maximum Gasteiger partial charge on any atom is 0.306 e. The van der Waals surface area contributed by atoms with Gasteiger partial charge in [0.1, 0.15) is 5.82 Å². The van der Waals surface area contributed by atoms with Gasteiger partial charge in [0.2, 0.25) is 17.6 Å². The van der Waals surface area contributed by atoms with Gasteiger partial charge in [-0.3, -0.25) is 19.7 Å². The van der Waals surface area contributed by atoms with Crippen molar-refractivity contribution in [3.05, 3.63) is 69.3 Å². The molecule has 1 heterocycles. The molecular formula is C19H17F2N3O4. The Hall–Kier alpha value is -3.36. The van der Waals surface area contributed by atoms with E-state index < -0.39 is 22.3 Å². The molecule has 28 heavy (non-hydrogen) atoms. The van der Waals surface area contributed by atoms with E-state index >= 15 is 0 Å². The van der Waals surface area contributed by atoms with Crippen molar-refractivity contribution in [2.75, 3.05) is 11.4 Å². The molecule has 0 aliphatic carbocycles. The van der Waals surface area contributed by atoms with Crippen LogP contribution in [-0.2, 0) is 16.1 Å². The van der Waals surface area contributed by atoms with E-state index in [2.05, 4.69) is 5.32 Å². The average molecular weight is 389 g/mol. The van der Waals surface area contributed by atoms with Crippen LogP contribution < -0.4 is 10.2 Å². The predicted octanol–water partition coefficient (Wildman–Crippen LogP) is 2.85. The molecule has 0 spiro atoms. The summed E-state index contributed by atoms with van der Waals surface area (Å²) in [7, 11) is 0. The molecule has 0 saturated carbocycles. The Labute approximate surface area is 159 Å². The molecule has 1 N–H and O–H groups in total. The minimum atomic E-state index is -0.996. The number of anilines is 1. The highest BCUT2D eigenvalue weighted by atomic mass is 19.1. The summed E-state index contributed by atoms with van der Waals surface area (Å²) in [5.74, 6) is -2.70. The molecule has 1 aliphatic rings. The van der Waals surface area contributed by atoms with E-state index in [1.807, 2.05) is 0 Å². The Kier molecular flexibility index (Phi) is 5.34. The van der Waals surface area contributed by atoms with Crippen LogP contribution in [0.2, 0.25) is 0 Å². The second-order valence-corrected chi connectivity index (χ2v) is 6.60. The Morgan fingerprint density at radius 2 is 1.96 bits per heavy atom. The van der Waals surface area contributed by atoms with Crippen LogP contribution in [0.4, 0.5) is 20.2 Å². The van der Waals surface area contributed by atoms with Crippen LogP contribution >= 0.6 is 0 Å². The number of carbonyl (C=O) groups excluding carboxylic acids is 2. The number of nitro benzene ring substituents is 1. The van der Waals surface area contributed by atoms with Crippen molar-refractivity contribution in [3.63, 3.8) is 0 Å². The maximum atomic E-state index is 13.5. The molecule has 1 atom stereocenters. The van der Waals surface area contributed by atoms with Crippen molar-refractivity contribution in [3.8, 4) is 0 Å². The predicted molar refractivity (Wildman–Crippen MR) is 96.5 cm³/mol. The Morgan fingerprint density at radius 3 is 2.64 bits per heavy atom. The SMILES string of the molecule is Cc1cc(CNC(=O)C2CC(=O)N(c3ccc(F)c([N+](=O)[O-])c3)C2)ccc1F. The number of rotatable bonds is 5. The standard InChI is InChI=1S/C19H17F2N3O4/c1-11-6-12(2-4-15(11)20)9-22-19(26)13-7-18(25)23(10-13)14-3-5-16(21)17(8-14)24(27)28/h2-6,8,13H,7,9-10H2,1H3,(H,22,26). The molecule has 2 aromatic carbocycles. The summed E-state index contributed by atoms with van der Waals surface area (Å²) in [4.78, 5) is 35.9. The molecular weight excluding hydrogens is 372 g/mol. The van der Waals surface area contributed by atoms with Gasteiger partial charge in [-0.2, -0.15) is 4.39 Å². The van der Waals surface area contributed by atoms with Crippen LogP contribution in [0, 0.1) is 34.6 Å². The van der Waals surface area contributed by atoms with Crippen LogP contribution in [0.1, 0.15) is 17.5 Å². The number of nitrogens with zero attached hydrogens (tertiary/aromatic N) is 2. The smallest absolute Gasteiger partial charge is 0.306 e. The van der Waals surface area contributed by atoms with Gasteiger partial charge < -0.3 is 10.2 Å². The minimum Gasteiger partial charge on any atom is -0.352 e. The number of aryl methyl sites for hydroxylation is 1. The summed E-state index contributed by atoms with van der Waals surface area (Å²) in [5, 5.41) is 13.6. The van der Waals surface area contributed by atoms with E-state index in [1.54, 1.807) is 19.1 Å². The molecule has 7 nitrogen and oxygen atoms in total. The van der Waals surface area contributed by atoms with Crippen molar-refractivity contribution >= 4 is 23.2 Å². The first-order valence-electron chi connectivity index (χ1n) is 8.53. The van der Waals surface area contributed by atoms with Gasteiger partial charge in [0.25, 0.3) is 0 Å². The fourth-order valence-electron chi connectivity index (χ4n) is 3.09. The molecule has 2 amide bonds. The molecule has 0 aromatic heterocycles. The molecule has 1 saturated heterocycles. The van der Waals surface area contributed by atoms with Gasteiger partial charge in [-0.15, -0.1) is 0 Å². The number of benzene rings is 2. The largest absolute Gasteiger partial charge is 0.352 e. The summed E-state index contributed by atoms with van der Waals surface area (Å²) in [6.07, 6.45) is -0.0561. The van der Waals surface area contributed by atoms with Crippen LogP contribution in [0.5, 0.6) is 0 Å². The van der Waals surface area contributed by atoms with Crippen molar-refractivity contribution < 1.29 is 23.3 Å². The first kappa shape index (κ1) is 19.4.